The molecule has 0 atom stereocenters. The molecule has 2 aromatic heterocycles. The molecule has 0 spiro atoms. The zero-order valence-electron chi connectivity index (χ0n) is 12.0. The summed E-state index contributed by atoms with van der Waals surface area (Å²) in [4.78, 5) is 23.5. The number of hydrogen-bond acceptors (Lipinski definition) is 6. The standard InChI is InChI=1S/C12H16N6O3/c1-4-13-9(19)7-18-11(8-5-14-17(2)6-8)10(15-16-18)12(20)21-3/h5-6H,4,7H2,1-3H3,(H,13,19). The highest BCUT2D eigenvalue weighted by atomic mass is 16.5. The molecule has 0 saturated carbocycles. The van der Waals surface area contributed by atoms with Crippen LogP contribution in [0, 0.1) is 0 Å². The fourth-order valence-corrected chi connectivity index (χ4v) is 1.88. The number of hydrogen-bond donors (Lipinski definition) is 1. The van der Waals surface area contributed by atoms with E-state index in [4.69, 9.17) is 0 Å². The molecule has 112 valence electrons. The van der Waals surface area contributed by atoms with Crippen molar-refractivity contribution in [3.8, 4) is 11.3 Å². The zero-order valence-corrected chi connectivity index (χ0v) is 12.0. The summed E-state index contributed by atoms with van der Waals surface area (Å²) in [6.07, 6.45) is 3.28. The van der Waals surface area contributed by atoms with E-state index in [0.717, 1.165) is 0 Å². The van der Waals surface area contributed by atoms with Crippen LogP contribution in [0.2, 0.25) is 0 Å². The number of amides is 1. The number of aryl methyl sites for hydroxylation is 1. The van der Waals surface area contributed by atoms with Crippen molar-refractivity contribution >= 4 is 11.9 Å². The quantitative estimate of drug-likeness (QED) is 0.752. The minimum absolute atomic E-state index is 0.0396. The minimum Gasteiger partial charge on any atom is -0.464 e. The second-order valence-corrected chi connectivity index (χ2v) is 4.29. The molecule has 9 heteroatoms. The second kappa shape index (κ2) is 6.16. The Morgan fingerprint density at radius 3 is 2.76 bits per heavy atom. The van der Waals surface area contributed by atoms with Crippen molar-refractivity contribution in [2.75, 3.05) is 13.7 Å². The van der Waals surface area contributed by atoms with Gasteiger partial charge in [-0.05, 0) is 6.92 Å². The molecule has 1 amide bonds. The van der Waals surface area contributed by atoms with E-state index in [2.05, 4.69) is 25.5 Å². The number of nitrogens with zero attached hydrogens (tertiary/aromatic N) is 5. The fourth-order valence-electron chi connectivity index (χ4n) is 1.88. The van der Waals surface area contributed by atoms with Crippen LogP contribution in [0.15, 0.2) is 12.4 Å². The van der Waals surface area contributed by atoms with Crippen LogP contribution in [-0.2, 0) is 23.1 Å². The van der Waals surface area contributed by atoms with Crippen molar-refractivity contribution in [2.24, 2.45) is 7.05 Å². The first-order valence-electron chi connectivity index (χ1n) is 6.34. The molecule has 0 fully saturated rings. The number of likely N-dealkylation sites (N-methyl/N-ethyl adjacent to an activating group) is 1. The summed E-state index contributed by atoms with van der Waals surface area (Å²) in [6, 6.07) is 0. The van der Waals surface area contributed by atoms with Crippen LogP contribution in [0.5, 0.6) is 0 Å². The molecule has 0 unspecified atom stereocenters. The first-order valence-corrected chi connectivity index (χ1v) is 6.34. The second-order valence-electron chi connectivity index (χ2n) is 4.29. The van der Waals surface area contributed by atoms with Gasteiger partial charge in [0, 0.05) is 25.4 Å². The molecule has 0 aromatic carbocycles. The molecule has 2 rings (SSSR count). The maximum atomic E-state index is 11.8. The largest absolute Gasteiger partial charge is 0.464 e. The maximum Gasteiger partial charge on any atom is 0.360 e. The third-order valence-electron chi connectivity index (χ3n) is 2.76. The Morgan fingerprint density at radius 1 is 1.43 bits per heavy atom. The summed E-state index contributed by atoms with van der Waals surface area (Å²) in [5, 5.41) is 14.4. The van der Waals surface area contributed by atoms with Crippen LogP contribution in [0.4, 0.5) is 0 Å². The summed E-state index contributed by atoms with van der Waals surface area (Å²) >= 11 is 0. The molecule has 0 aliphatic heterocycles. The van der Waals surface area contributed by atoms with E-state index in [1.54, 1.807) is 24.1 Å². The Labute approximate surface area is 120 Å². The van der Waals surface area contributed by atoms with E-state index in [1.165, 1.54) is 11.8 Å². The average molecular weight is 292 g/mol. The summed E-state index contributed by atoms with van der Waals surface area (Å²) in [5.41, 5.74) is 1.09. The smallest absolute Gasteiger partial charge is 0.360 e. The van der Waals surface area contributed by atoms with Gasteiger partial charge in [0.25, 0.3) is 0 Å². The molecule has 2 aromatic rings. The number of carbonyl (C=O) groups is 2. The Morgan fingerprint density at radius 2 is 2.19 bits per heavy atom. The highest BCUT2D eigenvalue weighted by molar-refractivity contribution is 5.94. The van der Waals surface area contributed by atoms with Gasteiger partial charge in [0.1, 0.15) is 12.2 Å². The Hall–Kier alpha value is -2.71. The normalized spacial score (nSPS) is 10.4. The monoisotopic (exact) mass is 292 g/mol. The van der Waals surface area contributed by atoms with Crippen molar-refractivity contribution in [3.63, 3.8) is 0 Å². The SMILES string of the molecule is CCNC(=O)Cn1nnc(C(=O)OC)c1-c1cnn(C)c1. The summed E-state index contributed by atoms with van der Waals surface area (Å²) < 4.78 is 7.63. The lowest BCUT2D eigenvalue weighted by molar-refractivity contribution is -0.121. The summed E-state index contributed by atoms with van der Waals surface area (Å²) in [5.74, 6) is -0.833. The number of rotatable bonds is 5. The van der Waals surface area contributed by atoms with Gasteiger partial charge < -0.3 is 10.1 Å². The molecule has 0 radical (unpaired) electrons. The topological polar surface area (TPSA) is 104 Å². The lowest BCUT2D eigenvalue weighted by Crippen LogP contribution is -2.28. The molecule has 0 saturated heterocycles. The molecular weight excluding hydrogens is 276 g/mol. The third kappa shape index (κ3) is 3.07. The summed E-state index contributed by atoms with van der Waals surface area (Å²) in [7, 11) is 3.01. The highest BCUT2D eigenvalue weighted by Gasteiger charge is 2.23. The van der Waals surface area contributed by atoms with E-state index >= 15 is 0 Å². The number of carbonyl (C=O) groups excluding carboxylic acids is 2. The van der Waals surface area contributed by atoms with Gasteiger partial charge in [-0.15, -0.1) is 5.10 Å². The molecule has 0 aliphatic rings. The Kier molecular flexibility index (Phi) is 4.31. The highest BCUT2D eigenvalue weighted by Crippen LogP contribution is 2.22. The van der Waals surface area contributed by atoms with Crippen molar-refractivity contribution in [1.82, 2.24) is 30.1 Å². The van der Waals surface area contributed by atoms with Gasteiger partial charge in [0.15, 0.2) is 5.69 Å². The average Bonchev–Trinajstić information content (AvgIpc) is 3.04. The number of methoxy groups -OCH3 is 1. The Balaban J connectivity index is 2.44. The number of ether oxygens (including phenoxy) is 1. The Bertz CT molecular complexity index is 660. The molecule has 0 aliphatic carbocycles. The minimum atomic E-state index is -0.615. The first kappa shape index (κ1) is 14.7. The fraction of sp³-hybridized carbons (Fsp3) is 0.417. The predicted molar refractivity (Wildman–Crippen MR) is 72.2 cm³/mol. The van der Waals surface area contributed by atoms with Gasteiger partial charge in [-0.3, -0.25) is 9.48 Å². The molecule has 0 bridgehead atoms. The van der Waals surface area contributed by atoms with Gasteiger partial charge in [0.2, 0.25) is 5.91 Å². The van der Waals surface area contributed by atoms with Crippen LogP contribution in [-0.4, -0.2) is 50.3 Å². The number of esters is 1. The molecule has 9 nitrogen and oxygen atoms in total. The molecular formula is C12H16N6O3. The van der Waals surface area contributed by atoms with E-state index in [0.29, 0.717) is 17.8 Å². The molecule has 2 heterocycles. The van der Waals surface area contributed by atoms with Crippen molar-refractivity contribution < 1.29 is 14.3 Å². The van der Waals surface area contributed by atoms with E-state index in [9.17, 15) is 9.59 Å². The maximum absolute atomic E-state index is 11.8. The van der Waals surface area contributed by atoms with Crippen molar-refractivity contribution in [3.05, 3.63) is 18.1 Å². The molecule has 21 heavy (non-hydrogen) atoms. The summed E-state index contributed by atoms with van der Waals surface area (Å²) in [6.45, 7) is 2.29. The van der Waals surface area contributed by atoms with Gasteiger partial charge in [-0.25, -0.2) is 9.48 Å². The van der Waals surface area contributed by atoms with Gasteiger partial charge in [-0.1, -0.05) is 5.21 Å². The van der Waals surface area contributed by atoms with Crippen LogP contribution < -0.4 is 5.32 Å². The third-order valence-corrected chi connectivity index (χ3v) is 2.76. The predicted octanol–water partition coefficient (Wildman–Crippen LogP) is -0.399. The van der Waals surface area contributed by atoms with E-state index in [-0.39, 0.29) is 18.1 Å². The van der Waals surface area contributed by atoms with Crippen LogP contribution >= 0.6 is 0 Å². The zero-order chi connectivity index (χ0) is 15.4. The van der Waals surface area contributed by atoms with Crippen molar-refractivity contribution in [1.29, 1.82) is 0 Å². The van der Waals surface area contributed by atoms with Gasteiger partial charge in [0.05, 0.1) is 13.3 Å². The lowest BCUT2D eigenvalue weighted by Gasteiger charge is -2.06. The van der Waals surface area contributed by atoms with Crippen LogP contribution in [0.25, 0.3) is 11.3 Å². The number of aromatic nitrogens is 5. The lowest BCUT2D eigenvalue weighted by atomic mass is 10.2. The van der Waals surface area contributed by atoms with Gasteiger partial charge in [-0.2, -0.15) is 5.10 Å². The van der Waals surface area contributed by atoms with E-state index < -0.39 is 5.97 Å². The van der Waals surface area contributed by atoms with E-state index in [1.807, 2.05) is 6.92 Å². The first-order chi connectivity index (χ1) is 10.1. The molecule has 1 N–H and O–H groups in total. The van der Waals surface area contributed by atoms with Gasteiger partial charge >= 0.3 is 5.97 Å². The number of nitrogens with one attached hydrogen (secondary N) is 1. The van der Waals surface area contributed by atoms with Crippen LogP contribution in [0.1, 0.15) is 17.4 Å². The van der Waals surface area contributed by atoms with Crippen LogP contribution in [0.3, 0.4) is 0 Å². The van der Waals surface area contributed by atoms with Crippen molar-refractivity contribution in [2.45, 2.75) is 13.5 Å².